The lowest BCUT2D eigenvalue weighted by molar-refractivity contribution is -0.187. The first kappa shape index (κ1) is 23.4. The highest BCUT2D eigenvalue weighted by atomic mass is 32.2. The number of para-hydroxylation sites is 3. The van der Waals surface area contributed by atoms with E-state index in [1.807, 2.05) is 28.8 Å². The number of fused-ring (bicyclic) bond motifs is 1. The van der Waals surface area contributed by atoms with E-state index in [0.29, 0.717) is 22.6 Å². The van der Waals surface area contributed by atoms with Gasteiger partial charge in [0.15, 0.2) is 5.16 Å². The van der Waals surface area contributed by atoms with Crippen LogP contribution in [0.3, 0.4) is 0 Å². The van der Waals surface area contributed by atoms with E-state index in [0.717, 1.165) is 11.0 Å². The summed E-state index contributed by atoms with van der Waals surface area (Å²) >= 11 is 1.36. The third-order valence-electron chi connectivity index (χ3n) is 4.98. The number of benzene rings is 2. The fourth-order valence-corrected chi connectivity index (χ4v) is 4.26. The molecule has 0 aliphatic carbocycles. The number of halogens is 2. The van der Waals surface area contributed by atoms with Crippen molar-refractivity contribution in [1.29, 1.82) is 0 Å². The summed E-state index contributed by atoms with van der Waals surface area (Å²) in [5.74, 6) is -0.951. The number of carbonyl (C=O) groups is 1. The van der Waals surface area contributed by atoms with Crippen LogP contribution in [0.25, 0.3) is 17.0 Å². The third kappa shape index (κ3) is 4.86. The van der Waals surface area contributed by atoms with Crippen molar-refractivity contribution in [2.45, 2.75) is 17.0 Å². The molecular weight excluding hydrogens is 490 g/mol. The van der Waals surface area contributed by atoms with Crippen LogP contribution in [0.15, 0.2) is 78.0 Å². The smallest absolute Gasteiger partial charge is 0.425 e. The van der Waals surface area contributed by atoms with E-state index >= 15 is 0 Å². The molecule has 36 heavy (non-hydrogen) atoms. The highest BCUT2D eigenvalue weighted by Crippen LogP contribution is 2.29. The SMILES string of the molecule is Cn1nnnc1-n1c(SCc2cccc(NC(=O)C(F)(F)Oc3ccccc3)n2)nc2ccccc21. The van der Waals surface area contributed by atoms with Crippen LogP contribution in [-0.4, -0.2) is 46.8 Å². The Morgan fingerprint density at radius 2 is 1.81 bits per heavy atom. The Balaban J connectivity index is 1.32. The number of anilines is 1. The fourth-order valence-electron chi connectivity index (χ4n) is 3.35. The molecule has 3 heterocycles. The molecule has 0 saturated carbocycles. The number of rotatable bonds is 8. The van der Waals surface area contributed by atoms with Crippen molar-refractivity contribution in [3.8, 4) is 11.7 Å². The molecule has 1 amide bonds. The van der Waals surface area contributed by atoms with Crippen LogP contribution < -0.4 is 10.1 Å². The van der Waals surface area contributed by atoms with Crippen LogP contribution in [0.4, 0.5) is 14.6 Å². The monoisotopic (exact) mass is 508 g/mol. The van der Waals surface area contributed by atoms with Gasteiger partial charge in [0.25, 0.3) is 5.95 Å². The fraction of sp³-hybridized carbons (Fsp3) is 0.130. The molecule has 5 aromatic rings. The lowest BCUT2D eigenvalue weighted by atomic mass is 10.3. The molecule has 0 aliphatic heterocycles. The maximum Gasteiger partial charge on any atom is 0.482 e. The van der Waals surface area contributed by atoms with Gasteiger partial charge < -0.3 is 10.1 Å². The molecule has 13 heteroatoms. The number of aryl methyl sites for hydroxylation is 1. The number of imidazole rings is 1. The predicted octanol–water partition coefficient (Wildman–Crippen LogP) is 3.85. The summed E-state index contributed by atoms with van der Waals surface area (Å²) in [7, 11) is 1.73. The molecule has 2 aromatic carbocycles. The molecule has 0 atom stereocenters. The van der Waals surface area contributed by atoms with Crippen LogP contribution in [0.2, 0.25) is 0 Å². The van der Waals surface area contributed by atoms with Gasteiger partial charge in [0.2, 0.25) is 0 Å². The topological polar surface area (TPSA) is 113 Å². The minimum atomic E-state index is -4.08. The van der Waals surface area contributed by atoms with Gasteiger partial charge in [-0.2, -0.15) is 8.78 Å². The van der Waals surface area contributed by atoms with Gasteiger partial charge in [-0.25, -0.2) is 14.6 Å². The van der Waals surface area contributed by atoms with Crippen molar-refractivity contribution >= 4 is 34.5 Å². The van der Waals surface area contributed by atoms with E-state index in [-0.39, 0.29) is 11.6 Å². The zero-order valence-electron chi connectivity index (χ0n) is 18.7. The summed E-state index contributed by atoms with van der Waals surface area (Å²) in [6.07, 6.45) is -4.08. The lowest BCUT2D eigenvalue weighted by Gasteiger charge is -2.17. The third-order valence-corrected chi connectivity index (χ3v) is 5.95. The number of alkyl halides is 2. The molecule has 182 valence electrons. The number of aromatic nitrogens is 7. The van der Waals surface area contributed by atoms with Crippen LogP contribution in [0, 0.1) is 0 Å². The number of thioether (sulfide) groups is 1. The maximum atomic E-state index is 14.3. The van der Waals surface area contributed by atoms with Crippen LogP contribution in [0.1, 0.15) is 5.69 Å². The highest BCUT2D eigenvalue weighted by molar-refractivity contribution is 7.98. The van der Waals surface area contributed by atoms with Gasteiger partial charge in [-0.05, 0) is 46.8 Å². The molecule has 0 fully saturated rings. The summed E-state index contributed by atoms with van der Waals surface area (Å²) in [5.41, 5.74) is 2.13. The summed E-state index contributed by atoms with van der Waals surface area (Å²) in [6.45, 7) is 0. The first-order valence-electron chi connectivity index (χ1n) is 10.6. The van der Waals surface area contributed by atoms with Crippen LogP contribution in [-0.2, 0) is 17.6 Å². The van der Waals surface area contributed by atoms with E-state index in [9.17, 15) is 13.6 Å². The van der Waals surface area contributed by atoms with Crippen molar-refractivity contribution in [2.24, 2.45) is 7.05 Å². The van der Waals surface area contributed by atoms with Crippen molar-refractivity contribution in [1.82, 2.24) is 34.7 Å². The van der Waals surface area contributed by atoms with Crippen LogP contribution in [0.5, 0.6) is 5.75 Å². The van der Waals surface area contributed by atoms with Crippen molar-refractivity contribution in [3.63, 3.8) is 0 Å². The molecule has 0 spiro atoms. The molecule has 1 N–H and O–H groups in total. The second kappa shape index (κ2) is 9.70. The molecule has 0 radical (unpaired) electrons. The molecular formula is C23H18F2N8O2S. The number of nitrogens with one attached hydrogen (secondary N) is 1. The predicted molar refractivity (Wildman–Crippen MR) is 128 cm³/mol. The Bertz CT molecular complexity index is 1520. The molecule has 0 saturated heterocycles. The van der Waals surface area contributed by atoms with Gasteiger partial charge >= 0.3 is 12.0 Å². The Labute approximate surface area is 207 Å². The molecule has 0 unspecified atom stereocenters. The maximum absolute atomic E-state index is 14.3. The van der Waals surface area contributed by atoms with Gasteiger partial charge in [0.05, 0.1) is 16.7 Å². The number of carbonyl (C=O) groups excluding carboxylic acids is 1. The largest absolute Gasteiger partial charge is 0.482 e. The Morgan fingerprint density at radius 3 is 2.58 bits per heavy atom. The van der Waals surface area contributed by atoms with Crippen molar-refractivity contribution in [2.75, 3.05) is 5.32 Å². The number of ether oxygens (including phenoxy) is 1. The van der Waals surface area contributed by atoms with Crippen molar-refractivity contribution < 1.29 is 18.3 Å². The Kier molecular flexibility index (Phi) is 6.29. The summed E-state index contributed by atoms with van der Waals surface area (Å²) in [5, 5.41) is 14.4. The average molecular weight is 509 g/mol. The van der Waals surface area contributed by atoms with Gasteiger partial charge in [-0.3, -0.25) is 9.36 Å². The molecule has 10 nitrogen and oxygen atoms in total. The van der Waals surface area contributed by atoms with E-state index in [4.69, 9.17) is 0 Å². The highest BCUT2D eigenvalue weighted by Gasteiger charge is 2.42. The number of hydrogen-bond donors (Lipinski definition) is 1. The van der Waals surface area contributed by atoms with E-state index in [1.54, 1.807) is 25.2 Å². The molecule has 3 aromatic heterocycles. The normalized spacial score (nSPS) is 11.5. The van der Waals surface area contributed by atoms with Gasteiger partial charge in [-0.15, -0.1) is 0 Å². The average Bonchev–Trinajstić information content (AvgIpc) is 3.45. The Morgan fingerprint density at radius 1 is 1.03 bits per heavy atom. The van der Waals surface area contributed by atoms with E-state index in [1.165, 1.54) is 46.8 Å². The zero-order valence-corrected chi connectivity index (χ0v) is 19.6. The summed E-state index contributed by atoms with van der Waals surface area (Å²) in [6, 6.07) is 19.7. The van der Waals surface area contributed by atoms with Gasteiger partial charge in [0.1, 0.15) is 11.6 Å². The molecule has 0 aliphatic rings. The number of pyridine rings is 1. The lowest BCUT2D eigenvalue weighted by Crippen LogP contribution is -2.40. The van der Waals surface area contributed by atoms with Crippen molar-refractivity contribution in [3.05, 3.63) is 78.5 Å². The van der Waals surface area contributed by atoms with E-state index in [2.05, 4.69) is 35.5 Å². The van der Waals surface area contributed by atoms with E-state index < -0.39 is 12.0 Å². The van der Waals surface area contributed by atoms with Gasteiger partial charge in [-0.1, -0.05) is 53.3 Å². The molecule has 5 rings (SSSR count). The van der Waals surface area contributed by atoms with Gasteiger partial charge in [0, 0.05) is 12.8 Å². The minimum absolute atomic E-state index is 0.0274. The number of amides is 1. The zero-order chi connectivity index (χ0) is 25.1. The summed E-state index contributed by atoms with van der Waals surface area (Å²) in [4.78, 5) is 21.1. The second-order valence-corrected chi connectivity index (χ2v) is 8.45. The minimum Gasteiger partial charge on any atom is -0.425 e. The first-order chi connectivity index (χ1) is 17.4. The van der Waals surface area contributed by atoms with Crippen LogP contribution >= 0.6 is 11.8 Å². The first-order valence-corrected chi connectivity index (χ1v) is 11.6. The Hall–Kier alpha value is -4.39. The quantitative estimate of drug-likeness (QED) is 0.315. The molecule has 0 bridgehead atoms. The number of tetrazole rings is 1. The number of hydrogen-bond acceptors (Lipinski definition) is 8. The summed E-state index contributed by atoms with van der Waals surface area (Å²) < 4.78 is 36.5. The number of nitrogens with zero attached hydrogens (tertiary/aromatic N) is 7. The second-order valence-electron chi connectivity index (χ2n) is 7.51. The standard InChI is InChI=1S/C23H18F2N8O2S/c1-32-21(29-30-31-32)33-18-12-6-5-11-17(18)27-22(33)36-14-15-8-7-13-19(26-15)28-20(34)23(24,25)35-16-9-3-2-4-10-16/h2-13H,14H2,1H3,(H,26,28,34).